The lowest BCUT2D eigenvalue weighted by atomic mass is 10.0. The summed E-state index contributed by atoms with van der Waals surface area (Å²) in [6.45, 7) is 2.12. The van der Waals surface area contributed by atoms with Crippen molar-refractivity contribution in [2.24, 2.45) is 0 Å². The van der Waals surface area contributed by atoms with Gasteiger partial charge >= 0.3 is 0 Å². The molecule has 0 saturated heterocycles. The molecule has 1 heterocycles. The molecule has 0 radical (unpaired) electrons. The van der Waals surface area contributed by atoms with E-state index in [-0.39, 0.29) is 6.04 Å². The van der Waals surface area contributed by atoms with Crippen molar-refractivity contribution in [1.82, 2.24) is 5.32 Å². The molecule has 0 aliphatic heterocycles. The van der Waals surface area contributed by atoms with E-state index in [1.54, 1.807) is 18.4 Å². The molecule has 2 rings (SSSR count). The van der Waals surface area contributed by atoms with Gasteiger partial charge in [0, 0.05) is 24.3 Å². The Morgan fingerprint density at radius 1 is 1.26 bits per heavy atom. The summed E-state index contributed by atoms with van der Waals surface area (Å²) in [4.78, 5) is 2.55. The number of ether oxygens (including phenoxy) is 1. The van der Waals surface area contributed by atoms with Crippen molar-refractivity contribution >= 4 is 43.2 Å². The summed E-state index contributed by atoms with van der Waals surface area (Å²) in [5.74, 6) is 0.881. The molecule has 19 heavy (non-hydrogen) atoms. The lowest BCUT2D eigenvalue weighted by molar-refractivity contribution is 0.405. The third-order valence-electron chi connectivity index (χ3n) is 2.89. The summed E-state index contributed by atoms with van der Waals surface area (Å²) in [6.07, 6.45) is 0. The van der Waals surface area contributed by atoms with Crippen LogP contribution in [0.2, 0.25) is 0 Å². The van der Waals surface area contributed by atoms with E-state index in [1.807, 2.05) is 19.2 Å². The van der Waals surface area contributed by atoms with E-state index < -0.39 is 0 Å². The van der Waals surface area contributed by atoms with Crippen molar-refractivity contribution < 1.29 is 4.74 Å². The normalized spacial score (nSPS) is 12.5. The Labute approximate surface area is 134 Å². The largest absolute Gasteiger partial charge is 0.496 e. The first-order valence-corrected chi connectivity index (χ1v) is 8.23. The molecule has 2 nitrogen and oxygen atoms in total. The van der Waals surface area contributed by atoms with Crippen LogP contribution < -0.4 is 10.1 Å². The van der Waals surface area contributed by atoms with Gasteiger partial charge in [-0.05, 0) is 48.1 Å². The first kappa shape index (κ1) is 15.0. The van der Waals surface area contributed by atoms with Crippen LogP contribution in [0.3, 0.4) is 0 Å². The second kappa shape index (κ2) is 6.39. The fourth-order valence-electron chi connectivity index (χ4n) is 2.05. The summed E-state index contributed by atoms with van der Waals surface area (Å²) < 4.78 is 7.65. The van der Waals surface area contributed by atoms with E-state index in [1.165, 1.54) is 9.75 Å². The molecule has 0 fully saturated rings. The predicted molar refractivity (Wildman–Crippen MR) is 88.4 cm³/mol. The SMILES string of the molecule is CNC(c1ccc(Br)cc1OC)c1sc(C)cc1Br. The maximum atomic E-state index is 5.50. The molecule has 1 aromatic heterocycles. The number of rotatable bonds is 4. The van der Waals surface area contributed by atoms with E-state index in [2.05, 4.69) is 56.2 Å². The van der Waals surface area contributed by atoms with Crippen LogP contribution in [-0.2, 0) is 0 Å². The van der Waals surface area contributed by atoms with E-state index in [0.29, 0.717) is 0 Å². The van der Waals surface area contributed by atoms with Gasteiger partial charge in [-0.2, -0.15) is 0 Å². The van der Waals surface area contributed by atoms with E-state index in [4.69, 9.17) is 4.74 Å². The van der Waals surface area contributed by atoms with Crippen molar-refractivity contribution in [3.63, 3.8) is 0 Å². The fraction of sp³-hybridized carbons (Fsp3) is 0.286. The molecule has 0 amide bonds. The van der Waals surface area contributed by atoms with Gasteiger partial charge in [-0.25, -0.2) is 0 Å². The number of halogens is 2. The van der Waals surface area contributed by atoms with E-state index >= 15 is 0 Å². The molecule has 5 heteroatoms. The highest BCUT2D eigenvalue weighted by atomic mass is 79.9. The molecule has 0 aliphatic rings. The van der Waals surface area contributed by atoms with E-state index in [9.17, 15) is 0 Å². The van der Waals surface area contributed by atoms with Crippen LogP contribution >= 0.6 is 43.2 Å². The van der Waals surface area contributed by atoms with E-state index in [0.717, 1.165) is 20.3 Å². The standard InChI is InChI=1S/C14H15Br2NOS/c1-8-6-11(16)14(19-8)13(17-2)10-5-4-9(15)7-12(10)18-3/h4-7,13,17H,1-3H3. The summed E-state index contributed by atoms with van der Waals surface area (Å²) in [6, 6.07) is 8.39. The number of hydrogen-bond donors (Lipinski definition) is 1. The zero-order valence-corrected chi connectivity index (χ0v) is 14.9. The lowest BCUT2D eigenvalue weighted by Gasteiger charge is -2.19. The maximum Gasteiger partial charge on any atom is 0.125 e. The van der Waals surface area contributed by atoms with Crippen molar-refractivity contribution in [2.45, 2.75) is 13.0 Å². The molecule has 0 spiro atoms. The number of aryl methyl sites for hydroxylation is 1. The minimum Gasteiger partial charge on any atom is -0.496 e. The van der Waals surface area contributed by atoms with Crippen LogP contribution in [0, 0.1) is 6.92 Å². The fourth-order valence-corrected chi connectivity index (χ4v) is 4.40. The number of methoxy groups -OCH3 is 1. The summed E-state index contributed by atoms with van der Waals surface area (Å²) in [5.41, 5.74) is 1.13. The molecule has 0 saturated carbocycles. The Kier molecular flexibility index (Phi) is 5.06. The zero-order chi connectivity index (χ0) is 14.0. The Bertz CT molecular complexity index is 583. The average Bonchev–Trinajstić information content (AvgIpc) is 2.71. The topological polar surface area (TPSA) is 21.3 Å². The third kappa shape index (κ3) is 3.21. The summed E-state index contributed by atoms with van der Waals surface area (Å²) >= 11 is 8.90. The van der Waals surface area contributed by atoms with Crippen molar-refractivity contribution in [3.05, 3.63) is 48.5 Å². The van der Waals surface area contributed by atoms with Crippen molar-refractivity contribution in [2.75, 3.05) is 14.2 Å². The van der Waals surface area contributed by atoms with Gasteiger partial charge in [-0.3, -0.25) is 0 Å². The second-order valence-electron chi connectivity index (χ2n) is 4.18. The molecule has 1 unspecified atom stereocenters. The molecule has 1 N–H and O–H groups in total. The number of benzene rings is 1. The van der Waals surface area contributed by atoms with Gasteiger partial charge < -0.3 is 10.1 Å². The number of thiophene rings is 1. The Morgan fingerprint density at radius 2 is 2.00 bits per heavy atom. The van der Waals surface area contributed by atoms with Gasteiger partial charge in [-0.1, -0.05) is 22.0 Å². The molecule has 1 aromatic carbocycles. The Hall–Kier alpha value is -0.360. The van der Waals surface area contributed by atoms with Crippen LogP contribution in [0.25, 0.3) is 0 Å². The molecule has 0 bridgehead atoms. The van der Waals surface area contributed by atoms with Gasteiger partial charge in [0.05, 0.1) is 13.2 Å². The van der Waals surface area contributed by atoms with Gasteiger partial charge in [0.25, 0.3) is 0 Å². The smallest absolute Gasteiger partial charge is 0.125 e. The van der Waals surface area contributed by atoms with Gasteiger partial charge in [0.15, 0.2) is 0 Å². The monoisotopic (exact) mass is 403 g/mol. The first-order valence-electron chi connectivity index (χ1n) is 5.83. The van der Waals surface area contributed by atoms with Crippen LogP contribution in [0.1, 0.15) is 21.4 Å². The summed E-state index contributed by atoms with van der Waals surface area (Å²) in [7, 11) is 3.67. The summed E-state index contributed by atoms with van der Waals surface area (Å²) in [5, 5.41) is 3.37. The first-order chi connectivity index (χ1) is 9.06. The Balaban J connectivity index is 2.50. The van der Waals surface area contributed by atoms with Crippen molar-refractivity contribution in [3.8, 4) is 5.75 Å². The van der Waals surface area contributed by atoms with Crippen molar-refractivity contribution in [1.29, 1.82) is 0 Å². The molecule has 102 valence electrons. The van der Waals surface area contributed by atoms with Crippen LogP contribution in [-0.4, -0.2) is 14.2 Å². The quantitative estimate of drug-likeness (QED) is 0.782. The Morgan fingerprint density at radius 3 is 2.53 bits per heavy atom. The number of hydrogen-bond acceptors (Lipinski definition) is 3. The maximum absolute atomic E-state index is 5.50. The highest BCUT2D eigenvalue weighted by Gasteiger charge is 2.21. The van der Waals surface area contributed by atoms with Crippen LogP contribution in [0.5, 0.6) is 5.75 Å². The number of nitrogens with one attached hydrogen (secondary N) is 1. The molecule has 2 aromatic rings. The minimum absolute atomic E-state index is 0.121. The average molecular weight is 405 g/mol. The highest BCUT2D eigenvalue weighted by molar-refractivity contribution is 9.10. The lowest BCUT2D eigenvalue weighted by Crippen LogP contribution is -2.17. The van der Waals surface area contributed by atoms with Gasteiger partial charge in [0.1, 0.15) is 5.75 Å². The van der Waals surface area contributed by atoms with Gasteiger partial charge in [0.2, 0.25) is 0 Å². The molecule has 0 aliphatic carbocycles. The zero-order valence-electron chi connectivity index (χ0n) is 11.0. The van der Waals surface area contributed by atoms with Gasteiger partial charge in [-0.15, -0.1) is 11.3 Å². The third-order valence-corrected chi connectivity index (χ3v) is 5.42. The van der Waals surface area contributed by atoms with Crippen LogP contribution in [0.4, 0.5) is 0 Å². The minimum atomic E-state index is 0.121. The molecular weight excluding hydrogens is 390 g/mol. The molecular formula is C14H15Br2NOS. The highest BCUT2D eigenvalue weighted by Crippen LogP contribution is 2.39. The predicted octanol–water partition coefficient (Wildman–Crippen LogP) is 4.90. The second-order valence-corrected chi connectivity index (χ2v) is 7.24. The van der Waals surface area contributed by atoms with Crippen LogP contribution in [0.15, 0.2) is 33.2 Å². The molecule has 1 atom stereocenters.